The van der Waals surface area contributed by atoms with Crippen molar-refractivity contribution in [2.45, 2.75) is 11.3 Å². The Morgan fingerprint density at radius 1 is 1.12 bits per heavy atom. The molecular formula is C15H20FN3O4S2. The van der Waals surface area contributed by atoms with E-state index in [1.807, 2.05) is 0 Å². The third-order valence-corrected chi connectivity index (χ3v) is 6.50. The zero-order chi connectivity index (χ0) is 18.3. The van der Waals surface area contributed by atoms with Crippen LogP contribution in [-0.4, -0.2) is 62.2 Å². The number of hydrogen-bond acceptors (Lipinski definition) is 5. The van der Waals surface area contributed by atoms with Crippen molar-refractivity contribution in [3.8, 4) is 0 Å². The highest BCUT2D eigenvalue weighted by Gasteiger charge is 2.27. The average molecular weight is 389 g/mol. The predicted molar refractivity (Wildman–Crippen MR) is 93.1 cm³/mol. The molecule has 10 heteroatoms. The van der Waals surface area contributed by atoms with Crippen LogP contribution in [0.5, 0.6) is 0 Å². The highest BCUT2D eigenvalue weighted by atomic mass is 32.2. The molecule has 0 radical (unpaired) electrons. The lowest BCUT2D eigenvalue weighted by molar-refractivity contribution is -0.139. The molecular weight excluding hydrogens is 369 g/mol. The molecule has 0 aromatic heterocycles. The number of carbonyl (C=O) groups is 2. The van der Waals surface area contributed by atoms with E-state index < -0.39 is 21.8 Å². The molecule has 0 aliphatic carbocycles. The van der Waals surface area contributed by atoms with Crippen molar-refractivity contribution in [2.75, 3.05) is 37.7 Å². The zero-order valence-electron chi connectivity index (χ0n) is 13.5. The van der Waals surface area contributed by atoms with E-state index in [1.165, 1.54) is 28.2 Å². The summed E-state index contributed by atoms with van der Waals surface area (Å²) in [7, 11) is -3.20. The van der Waals surface area contributed by atoms with Crippen molar-refractivity contribution in [1.29, 1.82) is 0 Å². The molecule has 7 nitrogen and oxygen atoms in total. The Morgan fingerprint density at radius 2 is 1.76 bits per heavy atom. The van der Waals surface area contributed by atoms with Gasteiger partial charge in [0.1, 0.15) is 5.82 Å². The number of thioether (sulfide) groups is 1. The van der Waals surface area contributed by atoms with Crippen LogP contribution in [0.15, 0.2) is 29.2 Å². The highest BCUT2D eigenvalue weighted by Crippen LogP contribution is 2.17. The van der Waals surface area contributed by atoms with Gasteiger partial charge in [-0.25, -0.2) is 17.1 Å². The number of rotatable bonds is 7. The first-order chi connectivity index (χ1) is 11.9. The van der Waals surface area contributed by atoms with Crippen molar-refractivity contribution >= 4 is 33.6 Å². The largest absolute Gasteiger partial charge is 0.347 e. The molecule has 0 atom stereocenters. The predicted octanol–water partition coefficient (Wildman–Crippen LogP) is 0.186. The first-order valence-corrected chi connectivity index (χ1v) is 10.4. The molecule has 0 saturated carbocycles. The van der Waals surface area contributed by atoms with Crippen molar-refractivity contribution in [3.63, 3.8) is 0 Å². The Kier molecular flexibility index (Phi) is 7.21. The fourth-order valence-electron chi connectivity index (χ4n) is 2.26. The van der Waals surface area contributed by atoms with Crippen LogP contribution < -0.4 is 10.6 Å². The third-order valence-electron chi connectivity index (χ3n) is 3.53. The summed E-state index contributed by atoms with van der Waals surface area (Å²) < 4.78 is 37.3. The van der Waals surface area contributed by atoms with Gasteiger partial charge in [0.05, 0.1) is 5.75 Å². The van der Waals surface area contributed by atoms with Gasteiger partial charge < -0.3 is 10.6 Å². The fraction of sp³-hybridized carbons (Fsp3) is 0.467. The van der Waals surface area contributed by atoms with E-state index in [0.29, 0.717) is 18.7 Å². The maximum Gasteiger partial charge on any atom is 0.309 e. The Bertz CT molecular complexity index is 710. The molecule has 0 bridgehead atoms. The minimum Gasteiger partial charge on any atom is -0.347 e. The van der Waals surface area contributed by atoms with Crippen LogP contribution in [0, 0.1) is 5.82 Å². The van der Waals surface area contributed by atoms with Gasteiger partial charge in [0.15, 0.2) is 0 Å². The fourth-order valence-corrected chi connectivity index (χ4v) is 4.56. The molecule has 2 amide bonds. The van der Waals surface area contributed by atoms with E-state index in [2.05, 4.69) is 10.6 Å². The second-order valence-electron chi connectivity index (χ2n) is 5.38. The van der Waals surface area contributed by atoms with Crippen LogP contribution in [0.25, 0.3) is 0 Å². The van der Waals surface area contributed by atoms with Crippen molar-refractivity contribution in [1.82, 2.24) is 14.9 Å². The lowest BCUT2D eigenvalue weighted by Crippen LogP contribution is -2.43. The second kappa shape index (κ2) is 9.16. The van der Waals surface area contributed by atoms with E-state index in [9.17, 15) is 22.4 Å². The summed E-state index contributed by atoms with van der Waals surface area (Å²) in [5.41, 5.74) is 0. The molecule has 1 aliphatic heterocycles. The van der Waals surface area contributed by atoms with E-state index in [1.54, 1.807) is 12.1 Å². The highest BCUT2D eigenvalue weighted by molar-refractivity contribution is 7.99. The van der Waals surface area contributed by atoms with E-state index in [4.69, 9.17) is 0 Å². The van der Waals surface area contributed by atoms with E-state index >= 15 is 0 Å². The molecule has 2 N–H and O–H groups in total. The smallest absolute Gasteiger partial charge is 0.309 e. The standard InChI is InChI=1S/C15H20FN3O4S2/c16-12-2-4-13(5-3-12)24-10-7-18-15(21)14(20)17-6-9-19-8-1-11-25(19,22)23/h2-5H,1,6-11H2,(H,17,20)(H,18,21). The molecule has 1 saturated heterocycles. The van der Waals surface area contributed by atoms with Crippen LogP contribution in [-0.2, 0) is 19.6 Å². The quantitative estimate of drug-likeness (QED) is 0.394. The minimum absolute atomic E-state index is 0.0931. The molecule has 1 aromatic carbocycles. The Balaban J connectivity index is 1.60. The number of sulfonamides is 1. The van der Waals surface area contributed by atoms with Gasteiger partial charge >= 0.3 is 11.8 Å². The molecule has 1 fully saturated rings. The molecule has 1 heterocycles. The number of nitrogens with one attached hydrogen (secondary N) is 2. The zero-order valence-corrected chi connectivity index (χ0v) is 15.2. The molecule has 1 aliphatic rings. The summed E-state index contributed by atoms with van der Waals surface area (Å²) >= 11 is 1.43. The SMILES string of the molecule is O=C(NCCSc1ccc(F)cc1)C(=O)NCCN1CCCS1(=O)=O. The molecule has 2 rings (SSSR count). The van der Waals surface area contributed by atoms with Crippen LogP contribution in [0.3, 0.4) is 0 Å². The summed E-state index contributed by atoms with van der Waals surface area (Å²) in [5.74, 6) is -1.19. The maximum absolute atomic E-state index is 12.8. The van der Waals surface area contributed by atoms with Crippen LogP contribution >= 0.6 is 11.8 Å². The van der Waals surface area contributed by atoms with Crippen LogP contribution in [0.1, 0.15) is 6.42 Å². The third kappa shape index (κ3) is 6.29. The minimum atomic E-state index is -3.20. The molecule has 0 unspecified atom stereocenters. The van der Waals surface area contributed by atoms with Crippen LogP contribution in [0.4, 0.5) is 4.39 Å². The van der Waals surface area contributed by atoms with Gasteiger partial charge in [-0.05, 0) is 30.7 Å². The summed E-state index contributed by atoms with van der Waals surface area (Å²) in [4.78, 5) is 24.1. The lowest BCUT2D eigenvalue weighted by Gasteiger charge is -2.14. The first kappa shape index (κ1) is 19.7. The van der Waals surface area contributed by atoms with Gasteiger partial charge in [-0.1, -0.05) is 0 Å². The summed E-state index contributed by atoms with van der Waals surface area (Å²) in [6.45, 7) is 0.997. The summed E-state index contributed by atoms with van der Waals surface area (Å²) in [5, 5.41) is 4.89. The Labute approximate surface area is 150 Å². The summed E-state index contributed by atoms with van der Waals surface area (Å²) in [6.07, 6.45) is 0.586. The second-order valence-corrected chi connectivity index (χ2v) is 8.64. The molecule has 1 aromatic rings. The number of amides is 2. The van der Waals surface area contributed by atoms with Gasteiger partial charge in [0.25, 0.3) is 0 Å². The van der Waals surface area contributed by atoms with Crippen LogP contribution in [0.2, 0.25) is 0 Å². The maximum atomic E-state index is 12.8. The monoisotopic (exact) mass is 389 g/mol. The Morgan fingerprint density at radius 3 is 2.36 bits per heavy atom. The van der Waals surface area contributed by atoms with Gasteiger partial charge in [-0.2, -0.15) is 0 Å². The number of halogens is 1. The topological polar surface area (TPSA) is 95.6 Å². The first-order valence-electron chi connectivity index (χ1n) is 7.81. The number of hydrogen-bond donors (Lipinski definition) is 2. The van der Waals surface area contributed by atoms with E-state index in [-0.39, 0.29) is 31.2 Å². The van der Waals surface area contributed by atoms with Gasteiger partial charge in [0, 0.05) is 36.8 Å². The summed E-state index contributed by atoms with van der Waals surface area (Å²) in [6, 6.07) is 5.99. The van der Waals surface area contributed by atoms with Crippen molar-refractivity contribution in [2.24, 2.45) is 0 Å². The molecule has 25 heavy (non-hydrogen) atoms. The van der Waals surface area contributed by atoms with Crippen molar-refractivity contribution in [3.05, 3.63) is 30.1 Å². The molecule has 0 spiro atoms. The number of benzene rings is 1. The Hall–Kier alpha value is -1.65. The van der Waals surface area contributed by atoms with Crippen molar-refractivity contribution < 1.29 is 22.4 Å². The number of carbonyl (C=O) groups excluding carboxylic acids is 2. The average Bonchev–Trinajstić information content (AvgIpc) is 2.91. The lowest BCUT2D eigenvalue weighted by atomic mass is 10.4. The normalized spacial score (nSPS) is 16.5. The molecule has 138 valence electrons. The van der Waals surface area contributed by atoms with E-state index in [0.717, 1.165) is 4.90 Å². The van der Waals surface area contributed by atoms with Gasteiger partial charge in [-0.15, -0.1) is 11.8 Å². The van der Waals surface area contributed by atoms with Gasteiger partial charge in [0.2, 0.25) is 10.0 Å². The number of nitrogens with zero attached hydrogens (tertiary/aromatic N) is 1. The van der Waals surface area contributed by atoms with Gasteiger partial charge in [-0.3, -0.25) is 9.59 Å².